The number of anilines is 1. The summed E-state index contributed by atoms with van der Waals surface area (Å²) in [6.07, 6.45) is 4.70. The lowest BCUT2D eigenvalue weighted by Crippen LogP contribution is -2.47. The van der Waals surface area contributed by atoms with Crippen molar-refractivity contribution in [1.82, 2.24) is 9.97 Å². The number of hydrogen-bond acceptors (Lipinski definition) is 7. The van der Waals surface area contributed by atoms with Crippen molar-refractivity contribution >= 4 is 11.6 Å². The molecule has 182 valence electrons. The molecule has 0 saturated carbocycles. The summed E-state index contributed by atoms with van der Waals surface area (Å²) in [4.78, 5) is 21.5. The molecule has 0 aliphatic carbocycles. The number of carbonyl (C=O) groups excluding carboxylic acids is 1. The first-order valence-electron chi connectivity index (χ1n) is 11.5. The fourth-order valence-corrected chi connectivity index (χ4v) is 4.16. The molecule has 3 aromatic rings. The summed E-state index contributed by atoms with van der Waals surface area (Å²) in [6.45, 7) is 3.42. The Kier molecular flexibility index (Phi) is 6.46. The zero-order chi connectivity index (χ0) is 24.4. The highest BCUT2D eigenvalue weighted by Gasteiger charge is 2.41. The predicted molar refractivity (Wildman–Crippen MR) is 126 cm³/mol. The molecule has 2 saturated heterocycles. The number of aromatic nitrogens is 2. The van der Waals surface area contributed by atoms with Gasteiger partial charge in [-0.1, -0.05) is 6.07 Å². The number of nitrogens with zero attached hydrogens (tertiary/aromatic N) is 2. The molecule has 4 heterocycles. The third-order valence-corrected chi connectivity index (χ3v) is 6.22. The van der Waals surface area contributed by atoms with Gasteiger partial charge in [-0.3, -0.25) is 9.78 Å². The van der Waals surface area contributed by atoms with E-state index in [1.165, 1.54) is 24.3 Å². The Morgan fingerprint density at radius 2 is 1.94 bits per heavy atom. The number of benzene rings is 1. The van der Waals surface area contributed by atoms with E-state index in [0.717, 1.165) is 24.1 Å². The van der Waals surface area contributed by atoms with Gasteiger partial charge in [-0.2, -0.15) is 0 Å². The van der Waals surface area contributed by atoms with Gasteiger partial charge in [-0.15, -0.1) is 0 Å². The van der Waals surface area contributed by atoms with Gasteiger partial charge in [0.2, 0.25) is 5.88 Å². The van der Waals surface area contributed by atoms with E-state index in [4.69, 9.17) is 14.2 Å². The molecule has 2 aliphatic heterocycles. The van der Waals surface area contributed by atoms with Gasteiger partial charge in [-0.05, 0) is 37.3 Å². The molecule has 0 bridgehead atoms. The third kappa shape index (κ3) is 5.02. The summed E-state index contributed by atoms with van der Waals surface area (Å²) < 4.78 is 30.3. The van der Waals surface area contributed by atoms with E-state index in [0.29, 0.717) is 35.9 Å². The lowest BCUT2D eigenvalue weighted by molar-refractivity contribution is -0.185. The van der Waals surface area contributed by atoms with Crippen molar-refractivity contribution in [3.63, 3.8) is 0 Å². The molecule has 2 N–H and O–H groups in total. The van der Waals surface area contributed by atoms with Crippen molar-refractivity contribution in [3.8, 4) is 17.0 Å². The second-order valence-corrected chi connectivity index (χ2v) is 8.85. The number of aryl methyl sites for hydroxylation is 1. The zero-order valence-corrected chi connectivity index (χ0v) is 19.3. The number of carbonyl (C=O) groups is 1. The molecule has 1 amide bonds. The summed E-state index contributed by atoms with van der Waals surface area (Å²) in [7, 11) is 0. The van der Waals surface area contributed by atoms with Crippen LogP contribution in [-0.4, -0.2) is 53.5 Å². The number of hydrogen-bond donors (Lipinski definition) is 2. The molecule has 0 spiro atoms. The lowest BCUT2D eigenvalue weighted by Gasteiger charge is -2.38. The molecule has 0 radical (unpaired) electrons. The zero-order valence-electron chi connectivity index (χ0n) is 19.3. The van der Waals surface area contributed by atoms with Gasteiger partial charge in [0.15, 0.2) is 0 Å². The van der Waals surface area contributed by atoms with Crippen LogP contribution in [0.3, 0.4) is 0 Å². The second-order valence-electron chi connectivity index (χ2n) is 8.85. The quantitative estimate of drug-likeness (QED) is 0.557. The summed E-state index contributed by atoms with van der Waals surface area (Å²) in [6, 6.07) is 9.09. The molecule has 9 heteroatoms. The summed E-state index contributed by atoms with van der Waals surface area (Å²) in [5.74, 6) is -0.548. The minimum Gasteiger partial charge on any atom is -0.474 e. The van der Waals surface area contributed by atoms with E-state index in [-0.39, 0.29) is 24.9 Å². The van der Waals surface area contributed by atoms with Crippen LogP contribution in [0.15, 0.2) is 48.8 Å². The van der Waals surface area contributed by atoms with Gasteiger partial charge in [-0.25, -0.2) is 9.37 Å². The SMILES string of the molecule is Cc1ncc(NC(=O)c2cccc(F)c2)cc1-c1cnc(OC2CCOCC2)c(C2(O)COC2)c1. The van der Waals surface area contributed by atoms with Crippen LogP contribution < -0.4 is 10.1 Å². The molecule has 2 aliphatic rings. The Balaban J connectivity index is 1.44. The number of aliphatic hydroxyl groups is 1. The van der Waals surface area contributed by atoms with Crippen LogP contribution in [0.2, 0.25) is 0 Å². The number of rotatable bonds is 6. The van der Waals surface area contributed by atoms with Crippen molar-refractivity contribution in [3.05, 3.63) is 71.4 Å². The smallest absolute Gasteiger partial charge is 0.255 e. The van der Waals surface area contributed by atoms with E-state index in [1.807, 2.05) is 13.0 Å². The molecular formula is C26H26FN3O5. The van der Waals surface area contributed by atoms with Crippen molar-refractivity contribution in [2.24, 2.45) is 0 Å². The topological polar surface area (TPSA) is 103 Å². The highest BCUT2D eigenvalue weighted by molar-refractivity contribution is 6.04. The van der Waals surface area contributed by atoms with Gasteiger partial charge < -0.3 is 24.6 Å². The van der Waals surface area contributed by atoms with Crippen LogP contribution >= 0.6 is 0 Å². The Labute approximate surface area is 202 Å². The minimum atomic E-state index is -1.19. The maximum absolute atomic E-state index is 13.5. The molecule has 8 nitrogen and oxygen atoms in total. The molecule has 2 aromatic heterocycles. The highest BCUT2D eigenvalue weighted by atomic mass is 19.1. The van der Waals surface area contributed by atoms with Crippen molar-refractivity contribution in [1.29, 1.82) is 0 Å². The van der Waals surface area contributed by atoms with Crippen molar-refractivity contribution in [2.45, 2.75) is 31.5 Å². The first-order chi connectivity index (χ1) is 16.9. The molecule has 0 atom stereocenters. The molecule has 2 fully saturated rings. The van der Waals surface area contributed by atoms with Crippen LogP contribution in [0.4, 0.5) is 10.1 Å². The molecule has 1 aromatic carbocycles. The van der Waals surface area contributed by atoms with Crippen LogP contribution in [0.1, 0.15) is 34.5 Å². The normalized spacial score (nSPS) is 17.5. The average molecular weight is 480 g/mol. The highest BCUT2D eigenvalue weighted by Crippen LogP contribution is 2.38. The Morgan fingerprint density at radius 3 is 2.66 bits per heavy atom. The fraction of sp³-hybridized carbons (Fsp3) is 0.346. The number of pyridine rings is 2. The lowest BCUT2D eigenvalue weighted by atomic mass is 9.90. The average Bonchev–Trinajstić information content (AvgIpc) is 2.85. The minimum absolute atomic E-state index is 0.0322. The Bertz CT molecular complexity index is 1240. The van der Waals surface area contributed by atoms with E-state index < -0.39 is 17.3 Å². The predicted octanol–water partition coefficient (Wildman–Crippen LogP) is 3.62. The van der Waals surface area contributed by atoms with Crippen LogP contribution in [-0.2, 0) is 15.1 Å². The maximum Gasteiger partial charge on any atom is 0.255 e. The van der Waals surface area contributed by atoms with Gasteiger partial charge >= 0.3 is 0 Å². The Hall–Kier alpha value is -3.40. The van der Waals surface area contributed by atoms with Gasteiger partial charge in [0, 0.05) is 41.4 Å². The fourth-order valence-electron chi connectivity index (χ4n) is 4.16. The second kappa shape index (κ2) is 9.69. The molecule has 5 rings (SSSR count). The largest absolute Gasteiger partial charge is 0.474 e. The third-order valence-electron chi connectivity index (χ3n) is 6.22. The van der Waals surface area contributed by atoms with Crippen molar-refractivity contribution in [2.75, 3.05) is 31.7 Å². The maximum atomic E-state index is 13.5. The Morgan fingerprint density at radius 1 is 1.14 bits per heavy atom. The molecule has 0 unspecified atom stereocenters. The van der Waals surface area contributed by atoms with E-state index >= 15 is 0 Å². The van der Waals surface area contributed by atoms with Crippen LogP contribution in [0, 0.1) is 12.7 Å². The van der Waals surface area contributed by atoms with Crippen LogP contribution in [0.5, 0.6) is 5.88 Å². The number of amides is 1. The summed E-state index contributed by atoms with van der Waals surface area (Å²) >= 11 is 0. The summed E-state index contributed by atoms with van der Waals surface area (Å²) in [5, 5.41) is 13.8. The van der Waals surface area contributed by atoms with E-state index in [9.17, 15) is 14.3 Å². The first kappa shape index (κ1) is 23.3. The summed E-state index contributed by atoms with van der Waals surface area (Å²) in [5.41, 5.74) is 2.20. The monoisotopic (exact) mass is 479 g/mol. The van der Waals surface area contributed by atoms with Crippen molar-refractivity contribution < 1.29 is 28.5 Å². The number of nitrogens with one attached hydrogen (secondary N) is 1. The van der Waals surface area contributed by atoms with E-state index in [2.05, 4.69) is 15.3 Å². The first-order valence-corrected chi connectivity index (χ1v) is 11.5. The molecule has 35 heavy (non-hydrogen) atoms. The van der Waals surface area contributed by atoms with Gasteiger partial charge in [0.05, 0.1) is 43.9 Å². The standard InChI is InChI=1S/C26H26FN3O5/c1-16-22(11-20(13-28-16)30-24(31)17-3-2-4-19(27)9-17)18-10-23(26(32)14-34-15-26)25(29-12-18)35-21-5-7-33-8-6-21/h2-4,9-13,21,32H,5-8,14-15H2,1H3,(H,30,31). The van der Waals surface area contributed by atoms with E-state index in [1.54, 1.807) is 18.5 Å². The van der Waals surface area contributed by atoms with Gasteiger partial charge in [0.25, 0.3) is 5.91 Å². The van der Waals surface area contributed by atoms with Gasteiger partial charge in [0.1, 0.15) is 17.5 Å². The number of halogens is 1. The van der Waals surface area contributed by atoms with Crippen LogP contribution in [0.25, 0.3) is 11.1 Å². The molecular weight excluding hydrogens is 453 g/mol. The number of ether oxygens (including phenoxy) is 3.